The van der Waals surface area contributed by atoms with Gasteiger partial charge in [-0.05, 0) is 43.9 Å². The standard InChI is InChI=1S/C19H27FN4O/c1-14-8-16(24-12-15(9-20)13-24)5-6-18(14)19(23-21)11-22-10-17-4-2-3-7-25-17/h5-6,8,11,15,17H,2-4,7,9-10,12-13,21H2,1H3/b22-11?,23-19+. The zero-order valence-electron chi connectivity index (χ0n) is 14.8. The Morgan fingerprint density at radius 1 is 1.40 bits per heavy atom. The minimum Gasteiger partial charge on any atom is -0.376 e. The minimum atomic E-state index is -0.237. The Hall–Kier alpha value is -1.95. The Balaban J connectivity index is 1.62. The fourth-order valence-electron chi connectivity index (χ4n) is 3.39. The van der Waals surface area contributed by atoms with Crippen LogP contribution in [0.3, 0.4) is 0 Å². The molecule has 2 aliphatic heterocycles. The summed E-state index contributed by atoms with van der Waals surface area (Å²) in [5, 5.41) is 3.90. The van der Waals surface area contributed by atoms with E-state index in [1.54, 1.807) is 6.21 Å². The van der Waals surface area contributed by atoms with Gasteiger partial charge in [-0.2, -0.15) is 5.10 Å². The first-order chi connectivity index (χ1) is 12.2. The maximum Gasteiger partial charge on any atom is 0.108 e. The predicted octanol–water partition coefficient (Wildman–Crippen LogP) is 2.70. The summed E-state index contributed by atoms with van der Waals surface area (Å²) < 4.78 is 18.3. The summed E-state index contributed by atoms with van der Waals surface area (Å²) in [5.74, 6) is 5.75. The average Bonchev–Trinajstić information content (AvgIpc) is 2.60. The number of anilines is 1. The normalized spacial score (nSPS) is 22.4. The van der Waals surface area contributed by atoms with Gasteiger partial charge < -0.3 is 15.5 Å². The Labute approximate surface area is 148 Å². The van der Waals surface area contributed by atoms with Crippen molar-refractivity contribution in [2.24, 2.45) is 21.9 Å². The quantitative estimate of drug-likeness (QED) is 0.489. The lowest BCUT2D eigenvalue weighted by atomic mass is 9.98. The van der Waals surface area contributed by atoms with E-state index < -0.39 is 0 Å². The zero-order chi connectivity index (χ0) is 17.6. The van der Waals surface area contributed by atoms with Crippen molar-refractivity contribution in [2.45, 2.75) is 32.3 Å². The van der Waals surface area contributed by atoms with Gasteiger partial charge in [-0.25, -0.2) is 0 Å². The smallest absolute Gasteiger partial charge is 0.108 e. The molecule has 0 bridgehead atoms. The van der Waals surface area contributed by atoms with Crippen LogP contribution >= 0.6 is 0 Å². The highest BCUT2D eigenvalue weighted by Gasteiger charge is 2.26. The molecule has 0 amide bonds. The summed E-state index contributed by atoms with van der Waals surface area (Å²) >= 11 is 0. The van der Waals surface area contributed by atoms with Gasteiger partial charge in [0.2, 0.25) is 0 Å². The predicted molar refractivity (Wildman–Crippen MR) is 101 cm³/mol. The molecule has 25 heavy (non-hydrogen) atoms. The molecule has 136 valence electrons. The van der Waals surface area contributed by atoms with E-state index in [9.17, 15) is 4.39 Å². The number of nitrogens with two attached hydrogens (primary N) is 1. The molecule has 2 fully saturated rings. The molecule has 0 saturated carbocycles. The Kier molecular flexibility index (Phi) is 6.02. The van der Waals surface area contributed by atoms with Gasteiger partial charge in [0.05, 0.1) is 19.3 Å². The van der Waals surface area contributed by atoms with E-state index in [-0.39, 0.29) is 18.7 Å². The summed E-state index contributed by atoms with van der Waals surface area (Å²) in [6.07, 6.45) is 5.36. The Bertz CT molecular complexity index is 634. The zero-order valence-corrected chi connectivity index (χ0v) is 14.8. The van der Waals surface area contributed by atoms with Gasteiger partial charge in [-0.15, -0.1) is 0 Å². The number of alkyl halides is 1. The molecule has 2 saturated heterocycles. The van der Waals surface area contributed by atoms with Gasteiger partial charge >= 0.3 is 0 Å². The van der Waals surface area contributed by atoms with Crippen molar-refractivity contribution in [1.82, 2.24) is 0 Å². The lowest BCUT2D eigenvalue weighted by molar-refractivity contribution is 0.0226. The summed E-state index contributed by atoms with van der Waals surface area (Å²) in [7, 11) is 0. The molecule has 0 spiro atoms. The topological polar surface area (TPSA) is 63.2 Å². The lowest BCUT2D eigenvalue weighted by Gasteiger charge is -2.40. The third-order valence-electron chi connectivity index (χ3n) is 4.96. The number of hydrogen-bond acceptors (Lipinski definition) is 5. The molecule has 2 aliphatic rings. The fourth-order valence-corrected chi connectivity index (χ4v) is 3.39. The highest BCUT2D eigenvalue weighted by atomic mass is 19.1. The summed E-state index contributed by atoms with van der Waals surface area (Å²) in [4.78, 5) is 6.67. The van der Waals surface area contributed by atoms with Crippen molar-refractivity contribution >= 4 is 17.6 Å². The number of nitrogens with zero attached hydrogens (tertiary/aromatic N) is 3. The van der Waals surface area contributed by atoms with Crippen LogP contribution in [0.4, 0.5) is 10.1 Å². The third kappa shape index (κ3) is 4.37. The number of hydrogen-bond donors (Lipinski definition) is 1. The molecule has 2 N–H and O–H groups in total. The molecule has 1 aromatic carbocycles. The van der Waals surface area contributed by atoms with Crippen molar-refractivity contribution in [1.29, 1.82) is 0 Å². The number of ether oxygens (including phenoxy) is 1. The van der Waals surface area contributed by atoms with E-state index in [1.807, 2.05) is 19.1 Å². The van der Waals surface area contributed by atoms with Crippen LogP contribution in [-0.4, -0.2) is 50.9 Å². The SMILES string of the molecule is Cc1cc(N2CC(CF)C2)ccc1/C(C=NCC1CCCCO1)=N/N. The van der Waals surface area contributed by atoms with Crippen LogP contribution in [0.25, 0.3) is 0 Å². The molecule has 1 aromatic rings. The van der Waals surface area contributed by atoms with Crippen LogP contribution in [-0.2, 0) is 4.74 Å². The van der Waals surface area contributed by atoms with E-state index in [4.69, 9.17) is 10.6 Å². The van der Waals surface area contributed by atoms with E-state index >= 15 is 0 Å². The van der Waals surface area contributed by atoms with E-state index in [1.165, 1.54) is 6.42 Å². The molecular formula is C19H27FN4O. The van der Waals surface area contributed by atoms with Crippen LogP contribution < -0.4 is 10.7 Å². The van der Waals surface area contributed by atoms with Crippen LogP contribution in [0.15, 0.2) is 28.3 Å². The van der Waals surface area contributed by atoms with Crippen LogP contribution in [0.2, 0.25) is 0 Å². The average molecular weight is 346 g/mol. The monoisotopic (exact) mass is 346 g/mol. The number of rotatable bonds is 6. The van der Waals surface area contributed by atoms with Gasteiger partial charge in [0.15, 0.2) is 0 Å². The summed E-state index contributed by atoms with van der Waals surface area (Å²) in [6.45, 7) is 4.85. The van der Waals surface area contributed by atoms with Crippen molar-refractivity contribution in [3.8, 4) is 0 Å². The van der Waals surface area contributed by atoms with E-state index in [0.717, 1.165) is 49.4 Å². The molecule has 0 radical (unpaired) electrons. The molecule has 1 atom stereocenters. The van der Waals surface area contributed by atoms with Gasteiger partial charge in [0.1, 0.15) is 5.71 Å². The number of hydrazone groups is 1. The van der Waals surface area contributed by atoms with Crippen molar-refractivity contribution in [3.63, 3.8) is 0 Å². The maximum atomic E-state index is 12.6. The second kappa shape index (κ2) is 8.43. The van der Waals surface area contributed by atoms with E-state index in [2.05, 4.69) is 21.1 Å². The lowest BCUT2D eigenvalue weighted by Crippen LogP contribution is -2.47. The number of halogens is 1. The molecule has 5 nitrogen and oxygen atoms in total. The first-order valence-electron chi connectivity index (χ1n) is 9.02. The van der Waals surface area contributed by atoms with Crippen LogP contribution in [0.1, 0.15) is 30.4 Å². The van der Waals surface area contributed by atoms with Gasteiger partial charge in [0.25, 0.3) is 0 Å². The number of benzene rings is 1. The molecular weight excluding hydrogens is 319 g/mol. The molecule has 0 aliphatic carbocycles. The van der Waals surface area contributed by atoms with Gasteiger partial charge in [0, 0.05) is 43.1 Å². The summed E-state index contributed by atoms with van der Waals surface area (Å²) in [6, 6.07) is 6.16. The van der Waals surface area contributed by atoms with Crippen LogP contribution in [0.5, 0.6) is 0 Å². The Morgan fingerprint density at radius 2 is 2.24 bits per heavy atom. The molecule has 0 aromatic heterocycles. The first kappa shape index (κ1) is 17.9. The number of aryl methyl sites for hydroxylation is 1. The Morgan fingerprint density at radius 3 is 2.88 bits per heavy atom. The summed E-state index contributed by atoms with van der Waals surface area (Å²) in [5.41, 5.74) is 3.85. The number of aliphatic imine (C=N–C) groups is 1. The van der Waals surface area contributed by atoms with Crippen molar-refractivity contribution in [3.05, 3.63) is 29.3 Å². The highest BCUT2D eigenvalue weighted by Crippen LogP contribution is 2.27. The second-order valence-electron chi connectivity index (χ2n) is 6.92. The van der Waals surface area contributed by atoms with E-state index in [0.29, 0.717) is 12.3 Å². The molecule has 6 heteroatoms. The van der Waals surface area contributed by atoms with Crippen LogP contribution in [0, 0.1) is 12.8 Å². The molecule has 3 rings (SSSR count). The fraction of sp³-hybridized carbons (Fsp3) is 0.579. The molecule has 2 heterocycles. The van der Waals surface area contributed by atoms with Gasteiger partial charge in [-0.3, -0.25) is 9.38 Å². The second-order valence-corrected chi connectivity index (χ2v) is 6.92. The molecule has 1 unspecified atom stereocenters. The third-order valence-corrected chi connectivity index (χ3v) is 4.96. The minimum absolute atomic E-state index is 0.176. The first-order valence-corrected chi connectivity index (χ1v) is 9.02. The highest BCUT2D eigenvalue weighted by molar-refractivity contribution is 6.38. The largest absolute Gasteiger partial charge is 0.376 e. The van der Waals surface area contributed by atoms with Crippen molar-refractivity contribution < 1.29 is 9.13 Å². The van der Waals surface area contributed by atoms with Crippen molar-refractivity contribution in [2.75, 3.05) is 37.8 Å². The maximum absolute atomic E-state index is 12.6. The van der Waals surface area contributed by atoms with Gasteiger partial charge in [-0.1, -0.05) is 6.07 Å².